The topological polar surface area (TPSA) is 131 Å². The quantitative estimate of drug-likeness (QED) is 0.317. The Kier molecular flexibility index (Phi) is 8.50. The van der Waals surface area contributed by atoms with Gasteiger partial charge in [-0.3, -0.25) is 9.48 Å². The molecule has 0 unspecified atom stereocenters. The summed E-state index contributed by atoms with van der Waals surface area (Å²) in [5.74, 6) is 1.94. The number of nitrogens with zero attached hydrogens (tertiary/aromatic N) is 3. The van der Waals surface area contributed by atoms with Crippen LogP contribution in [0.4, 0.5) is 5.82 Å². The Bertz CT molecular complexity index is 1140. The van der Waals surface area contributed by atoms with Crippen molar-refractivity contribution in [3.63, 3.8) is 0 Å². The summed E-state index contributed by atoms with van der Waals surface area (Å²) in [4.78, 5) is 13.4. The lowest BCUT2D eigenvalue weighted by Crippen LogP contribution is -2.28. The molecule has 1 aromatic carbocycles. The van der Waals surface area contributed by atoms with Crippen molar-refractivity contribution in [2.45, 2.75) is 57.2 Å². The molecule has 1 aliphatic rings. The third-order valence-electron chi connectivity index (χ3n) is 6.50. The standard InChI is InChI=1S/C26H34N4O6/c1-35-20-8-5-9-21(13-20)36-22-14-25(33)30(16-22)23(12-18-6-3-2-4-7-18)26(34)27-24-10-11-29(28-24)15-19(32)17-31/h5,8-11,13-14,16,18-19,23,31-33H,2-4,6-7,12,15,17H2,1H3,(H,27,28,34)/t19-,23+/m1/s1. The molecule has 10 nitrogen and oxygen atoms in total. The molecule has 0 spiro atoms. The van der Waals surface area contributed by atoms with E-state index in [1.165, 1.54) is 17.2 Å². The van der Waals surface area contributed by atoms with Gasteiger partial charge in [0.2, 0.25) is 5.91 Å². The molecule has 0 aliphatic heterocycles. The second-order valence-corrected chi connectivity index (χ2v) is 9.23. The van der Waals surface area contributed by atoms with Crippen LogP contribution in [0.2, 0.25) is 0 Å². The maximum atomic E-state index is 13.4. The Labute approximate surface area is 210 Å². The van der Waals surface area contributed by atoms with Crippen LogP contribution in [0.3, 0.4) is 0 Å². The minimum atomic E-state index is -0.938. The Morgan fingerprint density at radius 3 is 2.69 bits per heavy atom. The summed E-state index contributed by atoms with van der Waals surface area (Å²) in [6, 6.07) is 9.61. The van der Waals surface area contributed by atoms with E-state index in [2.05, 4.69) is 10.4 Å². The van der Waals surface area contributed by atoms with Gasteiger partial charge in [0.1, 0.15) is 23.3 Å². The Balaban J connectivity index is 1.53. The van der Waals surface area contributed by atoms with Crippen molar-refractivity contribution < 1.29 is 29.6 Å². The van der Waals surface area contributed by atoms with E-state index in [1.807, 2.05) is 12.1 Å². The van der Waals surface area contributed by atoms with Crippen molar-refractivity contribution in [1.29, 1.82) is 0 Å². The van der Waals surface area contributed by atoms with Gasteiger partial charge < -0.3 is 34.7 Å². The number of hydrogen-bond donors (Lipinski definition) is 4. The number of anilines is 1. The van der Waals surface area contributed by atoms with Gasteiger partial charge in [-0.05, 0) is 24.5 Å². The van der Waals surface area contributed by atoms with Crippen LogP contribution < -0.4 is 14.8 Å². The number of aliphatic hydroxyl groups excluding tert-OH is 2. The van der Waals surface area contributed by atoms with Gasteiger partial charge in [-0.1, -0.05) is 38.2 Å². The molecule has 0 radical (unpaired) electrons. The van der Waals surface area contributed by atoms with Crippen LogP contribution in [0, 0.1) is 5.92 Å². The zero-order chi connectivity index (χ0) is 25.5. The predicted octanol–water partition coefficient (Wildman–Crippen LogP) is 3.69. The third-order valence-corrected chi connectivity index (χ3v) is 6.50. The molecule has 2 atom stereocenters. The lowest BCUT2D eigenvalue weighted by atomic mass is 9.84. The number of nitrogens with one attached hydrogen (secondary N) is 1. The number of aromatic hydroxyl groups is 1. The monoisotopic (exact) mass is 498 g/mol. The maximum Gasteiger partial charge on any atom is 0.248 e. The number of hydrogen-bond acceptors (Lipinski definition) is 7. The van der Waals surface area contributed by atoms with E-state index >= 15 is 0 Å². The summed E-state index contributed by atoms with van der Waals surface area (Å²) in [7, 11) is 1.58. The molecule has 4 N–H and O–H groups in total. The third kappa shape index (κ3) is 6.58. The lowest BCUT2D eigenvalue weighted by molar-refractivity contribution is -0.120. The largest absolute Gasteiger partial charge is 0.497 e. The Hall–Kier alpha value is -3.50. The van der Waals surface area contributed by atoms with Crippen LogP contribution in [0.15, 0.2) is 48.8 Å². The second-order valence-electron chi connectivity index (χ2n) is 9.23. The molecule has 1 amide bonds. The van der Waals surface area contributed by atoms with Gasteiger partial charge in [-0.15, -0.1) is 0 Å². The molecule has 0 bridgehead atoms. The minimum Gasteiger partial charge on any atom is -0.497 e. The summed E-state index contributed by atoms with van der Waals surface area (Å²) in [6.07, 6.45) is 8.48. The zero-order valence-electron chi connectivity index (χ0n) is 20.4. The van der Waals surface area contributed by atoms with Gasteiger partial charge in [0.15, 0.2) is 11.7 Å². The highest BCUT2D eigenvalue weighted by molar-refractivity contribution is 5.93. The minimum absolute atomic E-state index is 0.0690. The van der Waals surface area contributed by atoms with Crippen molar-refractivity contribution >= 4 is 11.7 Å². The van der Waals surface area contributed by atoms with Gasteiger partial charge in [0, 0.05) is 24.4 Å². The summed E-state index contributed by atoms with van der Waals surface area (Å²) >= 11 is 0. The molecule has 194 valence electrons. The molecular weight excluding hydrogens is 464 g/mol. The number of carbonyl (C=O) groups excluding carboxylic acids is 1. The highest BCUT2D eigenvalue weighted by atomic mass is 16.5. The molecule has 4 rings (SSSR count). The fourth-order valence-electron chi connectivity index (χ4n) is 4.65. The summed E-state index contributed by atoms with van der Waals surface area (Å²) in [5, 5.41) is 36.6. The zero-order valence-corrected chi connectivity index (χ0v) is 20.4. The van der Waals surface area contributed by atoms with Gasteiger partial charge in [0.05, 0.1) is 32.6 Å². The van der Waals surface area contributed by atoms with Crippen molar-refractivity contribution in [3.05, 3.63) is 48.8 Å². The summed E-state index contributed by atoms with van der Waals surface area (Å²) < 4.78 is 14.2. The van der Waals surface area contributed by atoms with Crippen molar-refractivity contribution in [3.8, 4) is 23.1 Å². The van der Waals surface area contributed by atoms with Gasteiger partial charge >= 0.3 is 0 Å². The average Bonchev–Trinajstić information content (AvgIpc) is 3.48. The molecule has 3 aromatic rings. The fraction of sp³-hybridized carbons (Fsp3) is 0.462. The van der Waals surface area contributed by atoms with Crippen LogP contribution in [-0.2, 0) is 11.3 Å². The van der Waals surface area contributed by atoms with E-state index in [0.29, 0.717) is 35.4 Å². The number of carbonyl (C=O) groups is 1. The van der Waals surface area contributed by atoms with E-state index in [9.17, 15) is 15.0 Å². The Morgan fingerprint density at radius 1 is 1.17 bits per heavy atom. The van der Waals surface area contributed by atoms with Gasteiger partial charge in [-0.25, -0.2) is 0 Å². The average molecular weight is 499 g/mol. The van der Waals surface area contributed by atoms with Crippen LogP contribution >= 0.6 is 0 Å². The first-order valence-corrected chi connectivity index (χ1v) is 12.3. The number of ether oxygens (including phenoxy) is 2. The number of rotatable bonds is 11. The van der Waals surface area contributed by atoms with E-state index in [0.717, 1.165) is 25.7 Å². The van der Waals surface area contributed by atoms with Crippen molar-refractivity contribution in [2.75, 3.05) is 19.0 Å². The molecule has 36 heavy (non-hydrogen) atoms. The first-order valence-electron chi connectivity index (χ1n) is 12.3. The van der Waals surface area contributed by atoms with E-state index in [4.69, 9.17) is 14.6 Å². The smallest absolute Gasteiger partial charge is 0.248 e. The molecule has 1 fully saturated rings. The highest BCUT2D eigenvalue weighted by Crippen LogP contribution is 2.36. The summed E-state index contributed by atoms with van der Waals surface area (Å²) in [5.41, 5.74) is 0. The van der Waals surface area contributed by atoms with Gasteiger partial charge in [0.25, 0.3) is 0 Å². The predicted molar refractivity (Wildman–Crippen MR) is 133 cm³/mol. The first-order chi connectivity index (χ1) is 17.4. The molecule has 2 aromatic heterocycles. The maximum absolute atomic E-state index is 13.4. The van der Waals surface area contributed by atoms with Gasteiger partial charge in [-0.2, -0.15) is 5.10 Å². The second kappa shape index (κ2) is 12.0. The molecule has 1 aliphatic carbocycles. The normalized spacial score (nSPS) is 15.9. The van der Waals surface area contributed by atoms with Crippen LogP contribution in [0.5, 0.6) is 23.1 Å². The molecule has 10 heteroatoms. The van der Waals surface area contributed by atoms with Crippen molar-refractivity contribution in [2.24, 2.45) is 5.92 Å². The molecule has 2 heterocycles. The van der Waals surface area contributed by atoms with E-state index in [1.54, 1.807) is 42.3 Å². The molecular formula is C26H34N4O6. The number of aliphatic hydroxyl groups is 2. The van der Waals surface area contributed by atoms with Crippen LogP contribution in [0.25, 0.3) is 0 Å². The summed E-state index contributed by atoms with van der Waals surface area (Å²) in [6.45, 7) is -0.265. The van der Waals surface area contributed by atoms with Crippen LogP contribution in [-0.4, -0.2) is 55.4 Å². The number of benzene rings is 1. The Morgan fingerprint density at radius 2 is 1.94 bits per heavy atom. The van der Waals surface area contributed by atoms with E-state index in [-0.39, 0.29) is 24.9 Å². The van der Waals surface area contributed by atoms with Crippen molar-refractivity contribution in [1.82, 2.24) is 14.3 Å². The molecule has 1 saturated carbocycles. The van der Waals surface area contributed by atoms with E-state index < -0.39 is 12.1 Å². The van der Waals surface area contributed by atoms with Crippen LogP contribution in [0.1, 0.15) is 44.6 Å². The number of methoxy groups -OCH3 is 1. The first kappa shape index (κ1) is 25.6. The molecule has 0 saturated heterocycles. The highest BCUT2D eigenvalue weighted by Gasteiger charge is 2.28. The SMILES string of the molecule is COc1cccc(Oc2cc(O)n([C@@H](CC3CCCCC3)C(=O)Nc3ccn(C[C@@H](O)CO)n3)c2)c1. The lowest BCUT2D eigenvalue weighted by Gasteiger charge is -2.27. The number of amides is 1. The fourth-order valence-corrected chi connectivity index (χ4v) is 4.65. The number of aromatic nitrogens is 3.